The third kappa shape index (κ3) is 3.94. The van der Waals surface area contributed by atoms with Gasteiger partial charge in [0.15, 0.2) is 17.1 Å². The van der Waals surface area contributed by atoms with Crippen LogP contribution in [0.25, 0.3) is 21.7 Å². The van der Waals surface area contributed by atoms with Gasteiger partial charge in [-0.05, 0) is 30.3 Å². The Bertz CT molecular complexity index is 1520. The number of ether oxygens (including phenoxy) is 1. The molecule has 0 aliphatic rings. The van der Waals surface area contributed by atoms with Crippen LogP contribution in [-0.4, -0.2) is 27.8 Å². The molecular formula is C25H20N4O4. The van der Waals surface area contributed by atoms with E-state index in [0.29, 0.717) is 33.5 Å². The lowest BCUT2D eigenvalue weighted by Crippen LogP contribution is -2.29. The molecule has 0 bridgehead atoms. The van der Waals surface area contributed by atoms with Gasteiger partial charge < -0.3 is 14.5 Å². The topological polar surface area (TPSA) is 99.2 Å². The maximum atomic E-state index is 13.0. The highest BCUT2D eigenvalue weighted by molar-refractivity contribution is 5.97. The Labute approximate surface area is 188 Å². The second-order valence-electron chi connectivity index (χ2n) is 7.45. The average Bonchev–Trinajstić information content (AvgIpc) is 3.30. The highest BCUT2D eigenvalue weighted by Crippen LogP contribution is 2.28. The molecule has 5 aromatic rings. The van der Waals surface area contributed by atoms with Crippen molar-refractivity contribution in [3.8, 4) is 5.75 Å². The third-order valence-electron chi connectivity index (χ3n) is 5.35. The van der Waals surface area contributed by atoms with E-state index in [4.69, 9.17) is 9.15 Å². The van der Waals surface area contributed by atoms with Crippen molar-refractivity contribution in [3.05, 3.63) is 100 Å². The Morgan fingerprint density at radius 1 is 1.06 bits per heavy atom. The Balaban J connectivity index is 1.45. The minimum Gasteiger partial charge on any atom is -0.493 e. The Morgan fingerprint density at radius 2 is 1.88 bits per heavy atom. The Hall–Kier alpha value is -4.46. The van der Waals surface area contributed by atoms with E-state index in [2.05, 4.69) is 15.4 Å². The van der Waals surface area contributed by atoms with Gasteiger partial charge in [0.05, 0.1) is 37.0 Å². The summed E-state index contributed by atoms with van der Waals surface area (Å²) in [6.45, 7) is 0.352. The van der Waals surface area contributed by atoms with Crippen LogP contribution in [0.4, 0.5) is 0 Å². The van der Waals surface area contributed by atoms with Crippen molar-refractivity contribution in [2.45, 2.75) is 13.1 Å². The predicted octanol–water partition coefficient (Wildman–Crippen LogP) is 3.52. The summed E-state index contributed by atoms with van der Waals surface area (Å²) in [5.74, 6) is 0.336. The molecule has 0 fully saturated rings. The van der Waals surface area contributed by atoms with Gasteiger partial charge in [-0.25, -0.2) is 4.68 Å². The second-order valence-corrected chi connectivity index (χ2v) is 7.45. The number of nitrogens with one attached hydrogen (secondary N) is 1. The lowest BCUT2D eigenvalue weighted by molar-refractivity contribution is 0.0924. The molecule has 8 heteroatoms. The van der Waals surface area contributed by atoms with E-state index in [1.807, 2.05) is 42.5 Å². The van der Waals surface area contributed by atoms with E-state index in [-0.39, 0.29) is 30.3 Å². The lowest BCUT2D eigenvalue weighted by Gasteiger charge is -2.11. The molecule has 3 aromatic heterocycles. The first kappa shape index (κ1) is 20.4. The van der Waals surface area contributed by atoms with Crippen LogP contribution in [-0.2, 0) is 13.1 Å². The van der Waals surface area contributed by atoms with Crippen molar-refractivity contribution in [1.29, 1.82) is 0 Å². The molecule has 33 heavy (non-hydrogen) atoms. The molecule has 0 spiro atoms. The molecule has 0 radical (unpaired) electrons. The number of hydrogen-bond acceptors (Lipinski definition) is 6. The first-order chi connectivity index (χ1) is 16.1. The van der Waals surface area contributed by atoms with Gasteiger partial charge in [0.1, 0.15) is 0 Å². The number of carbonyl (C=O) groups excluding carboxylic acids is 1. The van der Waals surface area contributed by atoms with Crippen molar-refractivity contribution in [2.24, 2.45) is 0 Å². The van der Waals surface area contributed by atoms with Gasteiger partial charge in [0.2, 0.25) is 0 Å². The zero-order valence-electron chi connectivity index (χ0n) is 17.8. The van der Waals surface area contributed by atoms with Crippen LogP contribution >= 0.6 is 0 Å². The molecule has 1 N–H and O–H groups in total. The number of rotatable bonds is 6. The number of pyridine rings is 1. The fourth-order valence-electron chi connectivity index (χ4n) is 3.75. The monoisotopic (exact) mass is 440 g/mol. The summed E-state index contributed by atoms with van der Waals surface area (Å²) in [7, 11) is 1.55. The second kappa shape index (κ2) is 8.58. The standard InChI is InChI=1S/C25H20N4O4/c1-32-21-11-6-7-16-13-22(33-23(16)21)24(30)27-14-20-18-9-2-3-10-19(18)25(31)29(28-20)15-17-8-4-5-12-26-17/h2-13H,14-15H2,1H3,(H,27,30). The first-order valence-corrected chi connectivity index (χ1v) is 10.4. The van der Waals surface area contributed by atoms with Gasteiger partial charge in [0, 0.05) is 17.0 Å². The number of benzene rings is 2. The van der Waals surface area contributed by atoms with E-state index >= 15 is 0 Å². The Kier molecular flexibility index (Phi) is 5.32. The largest absolute Gasteiger partial charge is 0.493 e. The van der Waals surface area contributed by atoms with E-state index in [9.17, 15) is 9.59 Å². The van der Waals surface area contributed by atoms with Crippen LogP contribution in [0.15, 0.2) is 82.1 Å². The van der Waals surface area contributed by atoms with Crippen molar-refractivity contribution < 1.29 is 13.9 Å². The van der Waals surface area contributed by atoms with Gasteiger partial charge in [-0.15, -0.1) is 0 Å². The van der Waals surface area contributed by atoms with E-state index in [0.717, 1.165) is 5.39 Å². The van der Waals surface area contributed by atoms with Gasteiger partial charge in [-0.1, -0.05) is 36.4 Å². The highest BCUT2D eigenvalue weighted by Gasteiger charge is 2.16. The minimum absolute atomic E-state index is 0.121. The summed E-state index contributed by atoms with van der Waals surface area (Å²) < 4.78 is 12.4. The molecule has 1 amide bonds. The van der Waals surface area contributed by atoms with Crippen molar-refractivity contribution in [3.63, 3.8) is 0 Å². The maximum absolute atomic E-state index is 13.0. The molecule has 164 valence electrons. The maximum Gasteiger partial charge on any atom is 0.287 e. The fourth-order valence-corrected chi connectivity index (χ4v) is 3.75. The summed E-state index contributed by atoms with van der Waals surface area (Å²) in [6, 6.07) is 19.8. The summed E-state index contributed by atoms with van der Waals surface area (Å²) in [5.41, 5.74) is 1.59. The van der Waals surface area contributed by atoms with Gasteiger partial charge in [0.25, 0.3) is 11.5 Å². The van der Waals surface area contributed by atoms with Crippen molar-refractivity contribution in [2.75, 3.05) is 7.11 Å². The molecule has 0 saturated heterocycles. The molecule has 3 heterocycles. The molecule has 0 aliphatic carbocycles. The predicted molar refractivity (Wildman–Crippen MR) is 123 cm³/mol. The van der Waals surface area contributed by atoms with Crippen LogP contribution in [0, 0.1) is 0 Å². The quantitative estimate of drug-likeness (QED) is 0.434. The number of aromatic nitrogens is 3. The normalized spacial score (nSPS) is 11.1. The number of carbonyl (C=O) groups is 1. The molecule has 5 rings (SSSR count). The molecule has 0 atom stereocenters. The van der Waals surface area contributed by atoms with Crippen LogP contribution in [0.5, 0.6) is 5.75 Å². The van der Waals surface area contributed by atoms with Crippen LogP contribution in [0.1, 0.15) is 21.9 Å². The van der Waals surface area contributed by atoms with E-state index in [1.54, 1.807) is 37.6 Å². The molecule has 8 nitrogen and oxygen atoms in total. The molecule has 0 unspecified atom stereocenters. The molecule has 0 aliphatic heterocycles. The van der Waals surface area contributed by atoms with Gasteiger partial charge in [-0.2, -0.15) is 5.10 Å². The number of fused-ring (bicyclic) bond motifs is 2. The zero-order valence-corrected chi connectivity index (χ0v) is 17.8. The molecule has 0 saturated carbocycles. The number of nitrogens with zero attached hydrogens (tertiary/aromatic N) is 3. The summed E-state index contributed by atoms with van der Waals surface area (Å²) in [5, 5.41) is 9.37. The van der Waals surface area contributed by atoms with E-state index < -0.39 is 0 Å². The van der Waals surface area contributed by atoms with Gasteiger partial charge >= 0.3 is 0 Å². The van der Waals surface area contributed by atoms with Gasteiger partial charge in [-0.3, -0.25) is 14.6 Å². The number of furan rings is 1. The zero-order chi connectivity index (χ0) is 22.8. The molecular weight excluding hydrogens is 420 g/mol. The summed E-state index contributed by atoms with van der Waals surface area (Å²) in [4.78, 5) is 30.1. The van der Waals surface area contributed by atoms with Crippen LogP contribution < -0.4 is 15.6 Å². The number of para-hydroxylation sites is 1. The summed E-state index contributed by atoms with van der Waals surface area (Å²) >= 11 is 0. The van der Waals surface area contributed by atoms with Crippen LogP contribution in [0.3, 0.4) is 0 Å². The lowest BCUT2D eigenvalue weighted by atomic mass is 10.1. The smallest absolute Gasteiger partial charge is 0.287 e. The average molecular weight is 440 g/mol. The van der Waals surface area contributed by atoms with Crippen molar-refractivity contribution >= 4 is 27.6 Å². The molecule has 2 aromatic carbocycles. The number of methoxy groups -OCH3 is 1. The number of amides is 1. The van der Waals surface area contributed by atoms with Crippen molar-refractivity contribution in [1.82, 2.24) is 20.1 Å². The Morgan fingerprint density at radius 3 is 2.67 bits per heavy atom. The third-order valence-corrected chi connectivity index (χ3v) is 5.35. The SMILES string of the molecule is COc1cccc2cc(C(=O)NCc3nn(Cc4ccccn4)c(=O)c4ccccc34)oc12. The summed E-state index contributed by atoms with van der Waals surface area (Å²) in [6.07, 6.45) is 1.67. The fraction of sp³-hybridized carbons (Fsp3) is 0.120. The number of hydrogen-bond donors (Lipinski definition) is 1. The first-order valence-electron chi connectivity index (χ1n) is 10.4. The van der Waals surface area contributed by atoms with E-state index in [1.165, 1.54) is 4.68 Å². The minimum atomic E-state index is -0.387. The highest BCUT2D eigenvalue weighted by atomic mass is 16.5. The van der Waals surface area contributed by atoms with Crippen LogP contribution in [0.2, 0.25) is 0 Å².